The van der Waals surface area contributed by atoms with Crippen LogP contribution in [0.1, 0.15) is 24.2 Å². The number of Topliss-reactive ketones (excluding diaryl/α,β-unsaturated/α-hetero) is 1. The van der Waals surface area contributed by atoms with Crippen molar-refractivity contribution in [2.24, 2.45) is 0 Å². The van der Waals surface area contributed by atoms with Crippen LogP contribution in [0.5, 0.6) is 5.75 Å². The Kier molecular flexibility index (Phi) is 8.19. The fourth-order valence-electron chi connectivity index (χ4n) is 3.90. The number of para-hydroxylation sites is 2. The van der Waals surface area contributed by atoms with E-state index in [9.17, 15) is 13.2 Å². The smallest absolute Gasteiger partial charge is 0.243 e. The van der Waals surface area contributed by atoms with Gasteiger partial charge in [-0.3, -0.25) is 9.36 Å². The number of thioether (sulfide) groups is 1. The van der Waals surface area contributed by atoms with Crippen LogP contribution in [0.2, 0.25) is 0 Å². The molecule has 0 bridgehead atoms. The molecule has 4 aromatic rings. The molecule has 0 spiro atoms. The second kappa shape index (κ2) is 11.2. The number of aromatic nitrogens is 2. The van der Waals surface area contributed by atoms with Crippen LogP contribution in [-0.2, 0) is 10.0 Å². The SMILES string of the molecule is CCN(CC)S(=O)(=O)c1ccc2c(c1)nc(SCC(=O)c1ccc(Br)cc1)n2-c1ccccc1OC. The Hall–Kier alpha value is -2.66. The van der Waals surface area contributed by atoms with Crippen LogP contribution in [-0.4, -0.2) is 54.0 Å². The first-order valence-corrected chi connectivity index (χ1v) is 14.6. The number of halogens is 1. The number of ketones is 1. The largest absolute Gasteiger partial charge is 0.495 e. The average Bonchev–Trinajstić information content (AvgIpc) is 3.25. The van der Waals surface area contributed by atoms with Crippen molar-refractivity contribution in [1.29, 1.82) is 0 Å². The first-order valence-electron chi connectivity index (χ1n) is 11.4. The van der Waals surface area contributed by atoms with Crippen molar-refractivity contribution < 1.29 is 17.9 Å². The maximum atomic E-state index is 13.1. The van der Waals surface area contributed by atoms with Crippen molar-refractivity contribution in [3.8, 4) is 11.4 Å². The molecule has 3 aromatic carbocycles. The van der Waals surface area contributed by atoms with Crippen molar-refractivity contribution in [2.45, 2.75) is 23.9 Å². The molecule has 0 saturated heterocycles. The van der Waals surface area contributed by atoms with E-state index in [-0.39, 0.29) is 16.4 Å². The number of imidazole rings is 1. The molecule has 0 radical (unpaired) electrons. The highest BCUT2D eigenvalue weighted by Gasteiger charge is 2.24. The van der Waals surface area contributed by atoms with Gasteiger partial charge in [-0.1, -0.05) is 65.8 Å². The van der Waals surface area contributed by atoms with Gasteiger partial charge in [0, 0.05) is 23.1 Å². The van der Waals surface area contributed by atoms with Gasteiger partial charge in [-0.25, -0.2) is 13.4 Å². The van der Waals surface area contributed by atoms with Gasteiger partial charge in [0.2, 0.25) is 10.0 Å². The number of hydrogen-bond acceptors (Lipinski definition) is 6. The lowest BCUT2D eigenvalue weighted by Gasteiger charge is -2.18. The van der Waals surface area contributed by atoms with Gasteiger partial charge >= 0.3 is 0 Å². The van der Waals surface area contributed by atoms with Crippen molar-refractivity contribution in [3.63, 3.8) is 0 Å². The Morgan fingerprint density at radius 1 is 1.06 bits per heavy atom. The van der Waals surface area contributed by atoms with Crippen LogP contribution >= 0.6 is 27.7 Å². The van der Waals surface area contributed by atoms with Crippen LogP contribution in [0, 0.1) is 0 Å². The second-order valence-corrected chi connectivity index (χ2v) is 11.7. The van der Waals surface area contributed by atoms with E-state index in [0.29, 0.717) is 35.1 Å². The number of methoxy groups -OCH3 is 1. The molecule has 0 saturated carbocycles. The molecule has 0 amide bonds. The Morgan fingerprint density at radius 3 is 2.42 bits per heavy atom. The monoisotopic (exact) mass is 587 g/mol. The molecule has 188 valence electrons. The minimum atomic E-state index is -3.64. The minimum absolute atomic E-state index is 0.0315. The highest BCUT2D eigenvalue weighted by atomic mass is 79.9. The molecule has 7 nitrogen and oxygen atoms in total. The second-order valence-electron chi connectivity index (χ2n) is 7.86. The van der Waals surface area contributed by atoms with Crippen molar-refractivity contribution in [1.82, 2.24) is 13.9 Å². The van der Waals surface area contributed by atoms with Gasteiger partial charge in [0.1, 0.15) is 5.75 Å². The third-order valence-corrected chi connectivity index (χ3v) is 9.28. The summed E-state index contributed by atoms with van der Waals surface area (Å²) >= 11 is 4.69. The van der Waals surface area contributed by atoms with Crippen LogP contribution in [0.3, 0.4) is 0 Å². The number of sulfonamides is 1. The number of carbonyl (C=O) groups is 1. The summed E-state index contributed by atoms with van der Waals surface area (Å²) in [4.78, 5) is 17.8. The number of ether oxygens (including phenoxy) is 1. The first kappa shape index (κ1) is 26.4. The van der Waals surface area contributed by atoms with E-state index < -0.39 is 10.0 Å². The number of benzene rings is 3. The zero-order valence-corrected chi connectivity index (χ0v) is 23.4. The molecule has 36 heavy (non-hydrogen) atoms. The summed E-state index contributed by atoms with van der Waals surface area (Å²) in [5.41, 5.74) is 2.60. The summed E-state index contributed by atoms with van der Waals surface area (Å²) in [5.74, 6) is 0.777. The molecule has 0 unspecified atom stereocenters. The van der Waals surface area contributed by atoms with Crippen LogP contribution in [0.4, 0.5) is 0 Å². The summed E-state index contributed by atoms with van der Waals surface area (Å²) in [7, 11) is -2.05. The molecular formula is C26H26BrN3O4S2. The van der Waals surface area contributed by atoms with E-state index in [1.54, 1.807) is 37.4 Å². The lowest BCUT2D eigenvalue weighted by Crippen LogP contribution is -2.30. The van der Waals surface area contributed by atoms with Gasteiger partial charge in [0.05, 0.1) is 34.5 Å². The average molecular weight is 589 g/mol. The summed E-state index contributed by atoms with van der Waals surface area (Å²) < 4.78 is 36.0. The molecule has 0 aliphatic carbocycles. The lowest BCUT2D eigenvalue weighted by atomic mass is 10.2. The predicted octanol–water partition coefficient (Wildman–Crippen LogP) is 5.80. The summed E-state index contributed by atoms with van der Waals surface area (Å²) in [6.07, 6.45) is 0. The van der Waals surface area contributed by atoms with E-state index in [1.165, 1.54) is 16.1 Å². The Bertz CT molecular complexity index is 1500. The molecular weight excluding hydrogens is 562 g/mol. The van der Waals surface area contributed by atoms with Crippen LogP contribution < -0.4 is 4.74 Å². The van der Waals surface area contributed by atoms with E-state index in [0.717, 1.165) is 15.7 Å². The Morgan fingerprint density at radius 2 is 1.75 bits per heavy atom. The topological polar surface area (TPSA) is 81.5 Å². The number of nitrogens with zero attached hydrogens (tertiary/aromatic N) is 3. The zero-order valence-electron chi connectivity index (χ0n) is 20.1. The quantitative estimate of drug-likeness (QED) is 0.172. The molecule has 1 aromatic heterocycles. The highest BCUT2D eigenvalue weighted by molar-refractivity contribution is 9.10. The highest BCUT2D eigenvalue weighted by Crippen LogP contribution is 2.34. The van der Waals surface area contributed by atoms with Gasteiger partial charge in [-0.2, -0.15) is 4.31 Å². The molecule has 0 aliphatic heterocycles. The maximum absolute atomic E-state index is 13.1. The Balaban J connectivity index is 1.80. The van der Waals surface area contributed by atoms with E-state index in [1.807, 2.05) is 54.8 Å². The summed E-state index contributed by atoms with van der Waals surface area (Å²) in [6.45, 7) is 4.39. The number of rotatable bonds is 10. The van der Waals surface area contributed by atoms with Crippen molar-refractivity contribution >= 4 is 54.5 Å². The predicted molar refractivity (Wildman–Crippen MR) is 147 cm³/mol. The first-order chi connectivity index (χ1) is 17.3. The van der Waals surface area contributed by atoms with Gasteiger partial charge in [-0.05, 0) is 42.5 Å². The summed E-state index contributed by atoms with van der Waals surface area (Å²) in [6, 6.07) is 19.7. The van der Waals surface area contributed by atoms with Crippen molar-refractivity contribution in [3.05, 3.63) is 76.8 Å². The third-order valence-electron chi connectivity index (χ3n) is 5.76. The molecule has 0 aliphatic rings. The van der Waals surface area contributed by atoms with Crippen LogP contribution in [0.25, 0.3) is 16.7 Å². The molecule has 10 heteroatoms. The molecule has 1 heterocycles. The van der Waals surface area contributed by atoms with E-state index in [2.05, 4.69) is 15.9 Å². The van der Waals surface area contributed by atoms with Gasteiger partial charge in [-0.15, -0.1) is 0 Å². The lowest BCUT2D eigenvalue weighted by molar-refractivity contribution is 0.102. The minimum Gasteiger partial charge on any atom is -0.495 e. The fourth-order valence-corrected chi connectivity index (χ4v) is 6.56. The molecule has 0 fully saturated rings. The number of hydrogen-bond donors (Lipinski definition) is 0. The van der Waals surface area contributed by atoms with Gasteiger partial charge in [0.25, 0.3) is 0 Å². The van der Waals surface area contributed by atoms with E-state index in [4.69, 9.17) is 9.72 Å². The maximum Gasteiger partial charge on any atom is 0.243 e. The van der Waals surface area contributed by atoms with Gasteiger partial charge in [0.15, 0.2) is 10.9 Å². The number of fused-ring (bicyclic) bond motifs is 1. The van der Waals surface area contributed by atoms with E-state index >= 15 is 0 Å². The molecule has 0 N–H and O–H groups in total. The summed E-state index contributed by atoms with van der Waals surface area (Å²) in [5, 5.41) is 0.567. The normalized spacial score (nSPS) is 11.8. The number of carbonyl (C=O) groups excluding carboxylic acids is 1. The van der Waals surface area contributed by atoms with Crippen LogP contribution in [0.15, 0.2) is 81.3 Å². The molecule has 0 atom stereocenters. The third kappa shape index (κ3) is 5.22. The van der Waals surface area contributed by atoms with Crippen molar-refractivity contribution in [2.75, 3.05) is 26.0 Å². The Labute approximate surface area is 223 Å². The molecule has 4 rings (SSSR count). The fraction of sp³-hybridized carbons (Fsp3) is 0.231. The standard InChI is InChI=1S/C26H26BrN3O4S2/c1-4-29(5-2)36(32,33)20-14-15-22-21(16-20)28-26(30(22)23-8-6-7-9-25(23)34-3)35-17-24(31)18-10-12-19(27)13-11-18/h6-16H,4-5,17H2,1-3H3. The van der Waals surface area contributed by atoms with Gasteiger partial charge < -0.3 is 4.74 Å². The zero-order chi connectivity index (χ0) is 25.9.